The van der Waals surface area contributed by atoms with E-state index >= 15 is 0 Å². The Labute approximate surface area is 130 Å². The average Bonchev–Trinajstić information content (AvgIpc) is 2.46. The Morgan fingerprint density at radius 2 is 2.24 bits per heavy atom. The highest BCUT2D eigenvalue weighted by molar-refractivity contribution is 7.80. The maximum Gasteiger partial charge on any atom is 0.307 e. The molecule has 114 valence electrons. The van der Waals surface area contributed by atoms with Crippen LogP contribution in [0.15, 0.2) is 6.07 Å². The molecule has 1 aromatic heterocycles. The van der Waals surface area contributed by atoms with Gasteiger partial charge in [0.05, 0.1) is 18.6 Å². The van der Waals surface area contributed by atoms with E-state index in [4.69, 9.17) is 22.7 Å². The van der Waals surface area contributed by atoms with Crippen LogP contribution in [0.4, 0.5) is 5.82 Å². The molecule has 0 saturated carbocycles. The summed E-state index contributed by atoms with van der Waals surface area (Å²) in [5.74, 6) is 0.451. The van der Waals surface area contributed by atoms with Crippen molar-refractivity contribution in [1.82, 2.24) is 4.98 Å². The number of nitrogens with one attached hydrogen (secondary N) is 1. The fourth-order valence-electron chi connectivity index (χ4n) is 2.47. The van der Waals surface area contributed by atoms with Gasteiger partial charge in [0.25, 0.3) is 0 Å². The number of esters is 1. The van der Waals surface area contributed by atoms with E-state index in [9.17, 15) is 4.79 Å². The third-order valence-electron chi connectivity index (χ3n) is 3.49. The molecule has 0 fully saturated rings. The van der Waals surface area contributed by atoms with E-state index in [1.165, 1.54) is 12.0 Å². The monoisotopic (exact) mass is 307 g/mol. The lowest BCUT2D eigenvalue weighted by Gasteiger charge is -2.19. The van der Waals surface area contributed by atoms with E-state index in [0.29, 0.717) is 30.4 Å². The van der Waals surface area contributed by atoms with Crippen LogP contribution in [0.3, 0.4) is 0 Å². The maximum absolute atomic E-state index is 11.4. The number of rotatable bonds is 6. The van der Waals surface area contributed by atoms with Gasteiger partial charge in [0.2, 0.25) is 0 Å². The van der Waals surface area contributed by atoms with Gasteiger partial charge in [0.1, 0.15) is 10.8 Å². The molecule has 1 aliphatic rings. The predicted octanol–water partition coefficient (Wildman–Crippen LogP) is 1.96. The number of pyridine rings is 1. The van der Waals surface area contributed by atoms with Crippen molar-refractivity contribution < 1.29 is 9.53 Å². The molecular formula is C15H21N3O2S. The molecule has 0 aliphatic heterocycles. The number of fused-ring (bicyclic) bond motifs is 1. The Kier molecular flexibility index (Phi) is 5.50. The quantitative estimate of drug-likeness (QED) is 0.618. The summed E-state index contributed by atoms with van der Waals surface area (Å²) in [5.41, 5.74) is 8.89. The molecule has 0 atom stereocenters. The lowest BCUT2D eigenvalue weighted by molar-refractivity contribution is -0.142. The van der Waals surface area contributed by atoms with E-state index in [1.807, 2.05) is 6.07 Å². The summed E-state index contributed by atoms with van der Waals surface area (Å²) < 4.78 is 4.90. The number of hydrogen-bond acceptors (Lipinski definition) is 5. The summed E-state index contributed by atoms with van der Waals surface area (Å²) in [7, 11) is 0. The average molecular weight is 307 g/mol. The third kappa shape index (κ3) is 4.14. The van der Waals surface area contributed by atoms with Gasteiger partial charge < -0.3 is 15.8 Å². The molecule has 1 aliphatic carbocycles. The van der Waals surface area contributed by atoms with Crippen molar-refractivity contribution in [3.8, 4) is 0 Å². The van der Waals surface area contributed by atoms with Gasteiger partial charge in [0.15, 0.2) is 0 Å². The zero-order valence-electron chi connectivity index (χ0n) is 12.3. The molecule has 21 heavy (non-hydrogen) atoms. The Hall–Kier alpha value is -1.69. The standard InChI is InChI=1S/C15H21N3O2S/c1-2-20-13(19)7-8-17-15-11(14(16)21)9-10-5-3-4-6-12(10)18-15/h9H,2-8H2,1H3,(H2,16,21)(H,17,18). The topological polar surface area (TPSA) is 77.2 Å². The number of aryl methyl sites for hydroxylation is 2. The normalized spacial score (nSPS) is 13.4. The maximum atomic E-state index is 11.4. The van der Waals surface area contributed by atoms with E-state index in [0.717, 1.165) is 30.5 Å². The van der Waals surface area contributed by atoms with Crippen molar-refractivity contribution in [3.05, 3.63) is 22.9 Å². The molecule has 0 unspecified atom stereocenters. The van der Waals surface area contributed by atoms with Crippen molar-refractivity contribution in [2.45, 2.75) is 39.0 Å². The molecule has 6 heteroatoms. The summed E-state index contributed by atoms with van der Waals surface area (Å²) in [6.45, 7) is 2.65. The van der Waals surface area contributed by atoms with Crippen LogP contribution in [0, 0.1) is 0 Å². The summed E-state index contributed by atoms with van der Waals surface area (Å²) in [6.07, 6.45) is 4.65. The number of carbonyl (C=O) groups is 1. The Bertz CT molecular complexity index is 546. The summed E-state index contributed by atoms with van der Waals surface area (Å²) in [4.78, 5) is 16.3. The molecule has 0 spiro atoms. The van der Waals surface area contributed by atoms with Gasteiger partial charge in [-0.05, 0) is 44.2 Å². The third-order valence-corrected chi connectivity index (χ3v) is 3.71. The Morgan fingerprint density at radius 3 is 2.95 bits per heavy atom. The lowest BCUT2D eigenvalue weighted by atomic mass is 9.94. The van der Waals surface area contributed by atoms with Crippen molar-refractivity contribution >= 4 is 29.0 Å². The van der Waals surface area contributed by atoms with Crippen LogP contribution in [-0.2, 0) is 22.4 Å². The number of nitrogens with zero attached hydrogens (tertiary/aromatic N) is 1. The molecule has 5 nitrogen and oxygen atoms in total. The van der Waals surface area contributed by atoms with Crippen LogP contribution in [0.25, 0.3) is 0 Å². The van der Waals surface area contributed by atoms with Gasteiger partial charge in [-0.1, -0.05) is 12.2 Å². The summed E-state index contributed by atoms with van der Waals surface area (Å²) in [5, 5.41) is 3.15. The molecule has 1 heterocycles. The number of nitrogens with two attached hydrogens (primary N) is 1. The van der Waals surface area contributed by atoms with Crippen LogP contribution >= 0.6 is 12.2 Å². The number of anilines is 1. The molecule has 0 amide bonds. The second-order valence-electron chi connectivity index (χ2n) is 5.04. The van der Waals surface area contributed by atoms with Crippen molar-refractivity contribution in [3.63, 3.8) is 0 Å². The molecule has 0 radical (unpaired) electrons. The van der Waals surface area contributed by atoms with E-state index in [2.05, 4.69) is 10.3 Å². The molecule has 1 aromatic rings. The first-order valence-electron chi connectivity index (χ1n) is 7.34. The Morgan fingerprint density at radius 1 is 1.48 bits per heavy atom. The molecule has 2 rings (SSSR count). The van der Waals surface area contributed by atoms with Crippen LogP contribution in [0.2, 0.25) is 0 Å². The number of carbonyl (C=O) groups excluding carboxylic acids is 1. The number of thiocarbonyl (C=S) groups is 1. The molecule has 0 aromatic carbocycles. The van der Waals surface area contributed by atoms with E-state index in [-0.39, 0.29) is 5.97 Å². The molecular weight excluding hydrogens is 286 g/mol. The van der Waals surface area contributed by atoms with E-state index in [1.54, 1.807) is 6.92 Å². The van der Waals surface area contributed by atoms with E-state index < -0.39 is 0 Å². The van der Waals surface area contributed by atoms with Gasteiger partial charge in [-0.2, -0.15) is 0 Å². The Balaban J connectivity index is 2.10. The fraction of sp³-hybridized carbons (Fsp3) is 0.533. The smallest absolute Gasteiger partial charge is 0.307 e. The van der Waals surface area contributed by atoms with Crippen LogP contribution < -0.4 is 11.1 Å². The van der Waals surface area contributed by atoms with Gasteiger partial charge >= 0.3 is 5.97 Å². The number of hydrogen-bond donors (Lipinski definition) is 2. The number of aromatic nitrogens is 1. The van der Waals surface area contributed by atoms with Gasteiger partial charge in [-0.15, -0.1) is 0 Å². The largest absolute Gasteiger partial charge is 0.466 e. The van der Waals surface area contributed by atoms with Crippen molar-refractivity contribution in [2.75, 3.05) is 18.5 Å². The predicted molar refractivity (Wildman–Crippen MR) is 86.5 cm³/mol. The minimum Gasteiger partial charge on any atom is -0.466 e. The first-order chi connectivity index (χ1) is 10.1. The van der Waals surface area contributed by atoms with Crippen LogP contribution in [-0.4, -0.2) is 29.1 Å². The highest BCUT2D eigenvalue weighted by Gasteiger charge is 2.16. The number of ether oxygens (including phenoxy) is 1. The van der Waals surface area contributed by atoms with Gasteiger partial charge in [-0.25, -0.2) is 4.98 Å². The highest BCUT2D eigenvalue weighted by Crippen LogP contribution is 2.24. The van der Waals surface area contributed by atoms with Gasteiger partial charge in [-0.3, -0.25) is 4.79 Å². The lowest BCUT2D eigenvalue weighted by Crippen LogP contribution is -2.19. The zero-order valence-corrected chi connectivity index (χ0v) is 13.1. The second kappa shape index (κ2) is 7.36. The molecule has 0 bridgehead atoms. The molecule has 3 N–H and O–H groups in total. The van der Waals surface area contributed by atoms with Crippen molar-refractivity contribution in [2.24, 2.45) is 5.73 Å². The first kappa shape index (κ1) is 15.7. The minimum absolute atomic E-state index is 0.222. The summed E-state index contributed by atoms with van der Waals surface area (Å²) in [6, 6.07) is 2.04. The molecule has 0 saturated heterocycles. The van der Waals surface area contributed by atoms with Crippen LogP contribution in [0.5, 0.6) is 0 Å². The zero-order chi connectivity index (χ0) is 15.2. The van der Waals surface area contributed by atoms with Crippen LogP contribution in [0.1, 0.15) is 43.0 Å². The van der Waals surface area contributed by atoms with Crippen molar-refractivity contribution in [1.29, 1.82) is 0 Å². The highest BCUT2D eigenvalue weighted by atomic mass is 32.1. The second-order valence-corrected chi connectivity index (χ2v) is 5.48. The fourth-order valence-corrected chi connectivity index (χ4v) is 2.63. The first-order valence-corrected chi connectivity index (χ1v) is 7.74. The van der Waals surface area contributed by atoms with Gasteiger partial charge in [0, 0.05) is 12.2 Å². The SMILES string of the molecule is CCOC(=O)CCNc1nc2c(cc1C(N)=S)CCCC2. The minimum atomic E-state index is -0.222. The summed E-state index contributed by atoms with van der Waals surface area (Å²) >= 11 is 5.10.